The summed E-state index contributed by atoms with van der Waals surface area (Å²) in [5, 5.41) is 11.5. The van der Waals surface area contributed by atoms with E-state index in [4.69, 9.17) is 0 Å². The van der Waals surface area contributed by atoms with Gasteiger partial charge in [-0.3, -0.25) is 4.79 Å². The van der Waals surface area contributed by atoms with Gasteiger partial charge >= 0.3 is 0 Å². The van der Waals surface area contributed by atoms with Crippen molar-refractivity contribution in [3.05, 3.63) is 40.3 Å². The minimum Gasteiger partial charge on any atom is -0.340 e. The molecule has 1 fully saturated rings. The highest BCUT2D eigenvalue weighted by molar-refractivity contribution is 7.09. The van der Waals surface area contributed by atoms with E-state index in [0.29, 0.717) is 5.92 Å². The first-order valence-corrected chi connectivity index (χ1v) is 9.07. The van der Waals surface area contributed by atoms with Crippen molar-refractivity contribution >= 4 is 28.3 Å². The number of carbonyl (C=O) groups is 1. The fourth-order valence-corrected chi connectivity index (χ4v) is 4.15. The largest absolute Gasteiger partial charge is 0.340 e. The molecule has 0 aliphatic carbocycles. The number of nitrogens with zero attached hydrogens (tertiary/aromatic N) is 5. The highest BCUT2D eigenvalue weighted by atomic mass is 32.1. The first-order valence-electron chi connectivity index (χ1n) is 8.19. The zero-order valence-electron chi connectivity index (χ0n) is 13.6. The van der Waals surface area contributed by atoms with E-state index in [1.54, 1.807) is 16.0 Å². The molecule has 7 heteroatoms. The lowest BCUT2D eigenvalue weighted by atomic mass is 9.98. The van der Waals surface area contributed by atoms with Crippen LogP contribution in [-0.2, 0) is 11.3 Å². The van der Waals surface area contributed by atoms with Crippen LogP contribution in [0.4, 0.5) is 0 Å². The summed E-state index contributed by atoms with van der Waals surface area (Å²) in [5.74, 6) is 0.456. The highest BCUT2D eigenvalue weighted by Crippen LogP contribution is 2.29. The van der Waals surface area contributed by atoms with Crippen LogP contribution in [0.15, 0.2) is 29.6 Å². The lowest BCUT2D eigenvalue weighted by Crippen LogP contribution is -2.41. The van der Waals surface area contributed by atoms with Crippen molar-refractivity contribution in [1.29, 1.82) is 0 Å². The number of para-hydroxylation sites is 1. The molecule has 0 saturated carbocycles. The van der Waals surface area contributed by atoms with Gasteiger partial charge in [0.2, 0.25) is 5.91 Å². The van der Waals surface area contributed by atoms with E-state index in [2.05, 4.69) is 20.7 Å². The SMILES string of the molecule is Cc1csc([C@@H]2CCCN(C(=O)Cn3nnc4ccccc43)C2)n1. The molecule has 4 rings (SSSR count). The van der Waals surface area contributed by atoms with Crippen LogP contribution in [0, 0.1) is 6.92 Å². The number of fused-ring (bicyclic) bond motifs is 1. The summed E-state index contributed by atoms with van der Waals surface area (Å²) < 4.78 is 1.69. The Labute approximate surface area is 144 Å². The fraction of sp³-hybridized carbons (Fsp3) is 0.412. The minimum absolute atomic E-state index is 0.101. The topological polar surface area (TPSA) is 63.9 Å². The normalized spacial score (nSPS) is 18.2. The molecule has 124 valence electrons. The standard InChI is InChI=1S/C17H19N5OS/c1-12-11-24-17(18-12)13-5-4-8-21(9-13)16(23)10-22-15-7-3-2-6-14(15)19-20-22/h2-3,6-7,11,13H,4-5,8-10H2,1H3/t13-/m1/s1. The number of likely N-dealkylation sites (tertiary alicyclic amines) is 1. The number of aryl methyl sites for hydroxylation is 1. The maximum Gasteiger partial charge on any atom is 0.244 e. The second kappa shape index (κ2) is 6.32. The summed E-state index contributed by atoms with van der Waals surface area (Å²) >= 11 is 1.70. The van der Waals surface area contributed by atoms with Gasteiger partial charge in [0, 0.05) is 30.1 Å². The van der Waals surface area contributed by atoms with E-state index in [0.717, 1.165) is 47.7 Å². The Kier molecular flexibility index (Phi) is 4.02. The van der Waals surface area contributed by atoms with Crippen LogP contribution < -0.4 is 0 Å². The van der Waals surface area contributed by atoms with Gasteiger partial charge in [-0.05, 0) is 31.9 Å². The Hall–Kier alpha value is -2.28. The Bertz CT molecular complexity index is 871. The van der Waals surface area contributed by atoms with E-state index in [1.807, 2.05) is 36.1 Å². The van der Waals surface area contributed by atoms with Gasteiger partial charge in [0.1, 0.15) is 12.1 Å². The highest BCUT2D eigenvalue weighted by Gasteiger charge is 2.27. The predicted molar refractivity (Wildman–Crippen MR) is 92.9 cm³/mol. The van der Waals surface area contributed by atoms with Gasteiger partial charge in [0.15, 0.2) is 0 Å². The van der Waals surface area contributed by atoms with Crippen molar-refractivity contribution in [1.82, 2.24) is 24.9 Å². The summed E-state index contributed by atoms with van der Waals surface area (Å²) in [6, 6.07) is 7.72. The second-order valence-electron chi connectivity index (χ2n) is 6.24. The van der Waals surface area contributed by atoms with Gasteiger partial charge in [0.25, 0.3) is 0 Å². The molecule has 1 saturated heterocycles. The number of hydrogen-bond acceptors (Lipinski definition) is 5. The minimum atomic E-state index is 0.101. The Morgan fingerprint density at radius 1 is 1.38 bits per heavy atom. The predicted octanol–water partition coefficient (Wildman–Crippen LogP) is 2.60. The van der Waals surface area contributed by atoms with Crippen molar-refractivity contribution in [3.63, 3.8) is 0 Å². The molecule has 6 nitrogen and oxygen atoms in total. The fourth-order valence-electron chi connectivity index (χ4n) is 3.23. The number of aromatic nitrogens is 4. The van der Waals surface area contributed by atoms with Crippen LogP contribution in [0.2, 0.25) is 0 Å². The van der Waals surface area contributed by atoms with Crippen LogP contribution in [0.3, 0.4) is 0 Å². The third kappa shape index (κ3) is 2.91. The maximum atomic E-state index is 12.7. The molecule has 2 aromatic heterocycles. The lowest BCUT2D eigenvalue weighted by Gasteiger charge is -2.31. The molecule has 0 radical (unpaired) electrons. The molecule has 1 aliphatic heterocycles. The van der Waals surface area contributed by atoms with Crippen molar-refractivity contribution in [2.24, 2.45) is 0 Å². The van der Waals surface area contributed by atoms with E-state index in [9.17, 15) is 4.79 Å². The van der Waals surface area contributed by atoms with Crippen LogP contribution in [-0.4, -0.2) is 43.9 Å². The molecule has 3 aromatic rings. The smallest absolute Gasteiger partial charge is 0.244 e. The van der Waals surface area contributed by atoms with Crippen molar-refractivity contribution in [3.8, 4) is 0 Å². The summed E-state index contributed by atoms with van der Waals surface area (Å²) in [6.07, 6.45) is 2.12. The van der Waals surface area contributed by atoms with E-state index in [-0.39, 0.29) is 12.5 Å². The van der Waals surface area contributed by atoms with Crippen molar-refractivity contribution < 1.29 is 4.79 Å². The molecule has 1 atom stereocenters. The van der Waals surface area contributed by atoms with Crippen molar-refractivity contribution in [2.45, 2.75) is 32.2 Å². The molecule has 3 heterocycles. The zero-order valence-corrected chi connectivity index (χ0v) is 14.4. The summed E-state index contributed by atoms with van der Waals surface area (Å²) in [6.45, 7) is 3.82. The molecule has 0 unspecified atom stereocenters. The molecule has 1 amide bonds. The van der Waals surface area contributed by atoms with Gasteiger partial charge < -0.3 is 4.90 Å². The molecule has 0 spiro atoms. The van der Waals surface area contributed by atoms with E-state index in [1.165, 1.54) is 0 Å². The second-order valence-corrected chi connectivity index (χ2v) is 7.13. The summed E-state index contributed by atoms with van der Waals surface area (Å²) in [7, 11) is 0. The van der Waals surface area contributed by atoms with Gasteiger partial charge in [-0.25, -0.2) is 9.67 Å². The molecular formula is C17H19N5OS. The molecule has 1 aromatic carbocycles. The van der Waals surface area contributed by atoms with Crippen LogP contribution >= 0.6 is 11.3 Å². The Morgan fingerprint density at radius 3 is 3.08 bits per heavy atom. The van der Waals surface area contributed by atoms with E-state index < -0.39 is 0 Å². The number of hydrogen-bond donors (Lipinski definition) is 0. The molecule has 0 bridgehead atoms. The number of piperidine rings is 1. The number of thiazole rings is 1. The number of benzene rings is 1. The van der Waals surface area contributed by atoms with E-state index >= 15 is 0 Å². The maximum absolute atomic E-state index is 12.7. The zero-order chi connectivity index (χ0) is 16.5. The Morgan fingerprint density at radius 2 is 2.25 bits per heavy atom. The molecule has 1 aliphatic rings. The Balaban J connectivity index is 1.48. The van der Waals surface area contributed by atoms with Crippen LogP contribution in [0.5, 0.6) is 0 Å². The molecule has 24 heavy (non-hydrogen) atoms. The number of amides is 1. The van der Waals surface area contributed by atoms with Gasteiger partial charge in [0.05, 0.1) is 10.5 Å². The molecule has 0 N–H and O–H groups in total. The first-order chi connectivity index (χ1) is 11.7. The van der Waals surface area contributed by atoms with Gasteiger partial charge in [-0.1, -0.05) is 17.3 Å². The monoisotopic (exact) mass is 341 g/mol. The summed E-state index contributed by atoms with van der Waals surface area (Å²) in [5.41, 5.74) is 2.78. The van der Waals surface area contributed by atoms with Crippen molar-refractivity contribution in [2.75, 3.05) is 13.1 Å². The first kappa shape index (κ1) is 15.3. The third-order valence-electron chi connectivity index (χ3n) is 4.47. The van der Waals surface area contributed by atoms with Gasteiger partial charge in [-0.15, -0.1) is 16.4 Å². The average Bonchev–Trinajstić information content (AvgIpc) is 3.22. The quantitative estimate of drug-likeness (QED) is 0.734. The number of rotatable bonds is 3. The van der Waals surface area contributed by atoms with Crippen LogP contribution in [0.25, 0.3) is 11.0 Å². The van der Waals surface area contributed by atoms with Crippen LogP contribution in [0.1, 0.15) is 29.5 Å². The molecular weight excluding hydrogens is 322 g/mol. The average molecular weight is 341 g/mol. The summed E-state index contributed by atoms with van der Waals surface area (Å²) in [4.78, 5) is 19.3. The third-order valence-corrected chi connectivity index (χ3v) is 5.59. The van der Waals surface area contributed by atoms with Gasteiger partial charge in [-0.2, -0.15) is 0 Å². The number of carbonyl (C=O) groups excluding carboxylic acids is 1. The lowest BCUT2D eigenvalue weighted by molar-refractivity contribution is -0.133.